The fourth-order valence-electron chi connectivity index (χ4n) is 4.42. The van der Waals surface area contributed by atoms with Gasteiger partial charge >= 0.3 is 0 Å². The van der Waals surface area contributed by atoms with Crippen LogP contribution >= 0.6 is 22.9 Å². The normalized spacial score (nSPS) is 23.3. The Labute approximate surface area is 194 Å². The molecule has 2 aliphatic rings. The lowest BCUT2D eigenvalue weighted by molar-refractivity contribution is 0.0803. The van der Waals surface area contributed by atoms with Crippen LogP contribution in [0.1, 0.15) is 43.7 Å². The highest BCUT2D eigenvalue weighted by Gasteiger charge is 2.44. The number of rotatable bonds is 4. The number of carbonyl (C=O) groups excluding carboxylic acids is 2. The minimum absolute atomic E-state index is 0.237. The molecule has 9 heteroatoms. The summed E-state index contributed by atoms with van der Waals surface area (Å²) in [5.41, 5.74) is 7.64. The van der Waals surface area contributed by atoms with Crippen molar-refractivity contribution >= 4 is 45.5 Å². The van der Waals surface area contributed by atoms with E-state index in [1.54, 1.807) is 18.2 Å². The molecule has 0 fully saturated rings. The van der Waals surface area contributed by atoms with Gasteiger partial charge in [0.2, 0.25) is 5.78 Å². The van der Waals surface area contributed by atoms with E-state index in [-0.39, 0.29) is 11.7 Å². The zero-order valence-electron chi connectivity index (χ0n) is 17.7. The Morgan fingerprint density at radius 3 is 3.03 bits per heavy atom. The molecule has 1 aromatic carbocycles. The molecule has 166 valence electrons. The Morgan fingerprint density at radius 2 is 2.19 bits per heavy atom. The molecule has 3 aromatic rings. The van der Waals surface area contributed by atoms with Crippen LogP contribution in [0, 0.1) is 0 Å². The molecule has 1 aliphatic carbocycles. The molecule has 1 amide bonds. The van der Waals surface area contributed by atoms with Gasteiger partial charge in [0.05, 0.1) is 17.4 Å². The lowest BCUT2D eigenvalue weighted by atomic mass is 9.77. The van der Waals surface area contributed by atoms with E-state index >= 15 is 0 Å². The predicted molar refractivity (Wildman–Crippen MR) is 126 cm³/mol. The second kappa shape index (κ2) is 8.12. The molecule has 2 atom stereocenters. The second-order valence-corrected chi connectivity index (χ2v) is 10.1. The highest BCUT2D eigenvalue weighted by atomic mass is 35.5. The molecule has 7 nitrogen and oxygen atoms in total. The summed E-state index contributed by atoms with van der Waals surface area (Å²) >= 11 is 7.50. The highest BCUT2D eigenvalue weighted by molar-refractivity contribution is 7.13. The third-order valence-electron chi connectivity index (χ3n) is 6.29. The van der Waals surface area contributed by atoms with Crippen molar-refractivity contribution in [3.63, 3.8) is 0 Å². The number of nitrogens with one attached hydrogen (secondary N) is 2. The van der Waals surface area contributed by atoms with E-state index in [9.17, 15) is 9.59 Å². The molecule has 0 radical (unpaired) electrons. The smallest absolute Gasteiger partial charge is 0.280 e. The Hall–Kier alpha value is -2.52. The quantitative estimate of drug-likeness (QED) is 0.401. The third-order valence-corrected chi connectivity index (χ3v) is 7.60. The number of thiazole rings is 1. The standard InChI is InChI=1S/C23H24ClN5O2S/c1-29-9-7-16-18(12-29)32-22(27-16)21(31)28-19-4-2-3-8-23(19,25)20(30)17-11-13-10-14(24)5-6-15(13)26-17/h2-3,5-6,10-11,19,26H,4,7-9,12,25H2,1H3,(H,28,31). The van der Waals surface area contributed by atoms with E-state index in [1.165, 1.54) is 11.3 Å². The maximum Gasteiger partial charge on any atom is 0.280 e. The number of carbonyl (C=O) groups is 2. The Balaban J connectivity index is 1.39. The van der Waals surface area contributed by atoms with Crippen LogP contribution in [0.5, 0.6) is 0 Å². The summed E-state index contributed by atoms with van der Waals surface area (Å²) in [4.78, 5) is 37.6. The number of ketones is 1. The number of nitrogens with zero attached hydrogens (tertiary/aromatic N) is 2. The van der Waals surface area contributed by atoms with E-state index in [4.69, 9.17) is 17.3 Å². The van der Waals surface area contributed by atoms with Gasteiger partial charge in [-0.05, 0) is 44.2 Å². The summed E-state index contributed by atoms with van der Waals surface area (Å²) in [6.07, 6.45) is 5.51. The van der Waals surface area contributed by atoms with Gasteiger partial charge in [0.15, 0.2) is 5.01 Å². The number of halogens is 1. The molecule has 2 unspecified atom stereocenters. The van der Waals surface area contributed by atoms with Gasteiger partial charge in [0.25, 0.3) is 5.91 Å². The van der Waals surface area contributed by atoms with Crippen LogP contribution in [-0.2, 0) is 13.0 Å². The van der Waals surface area contributed by atoms with Gasteiger partial charge in [0.1, 0.15) is 5.54 Å². The number of benzene rings is 1. The first-order chi connectivity index (χ1) is 15.3. The highest BCUT2D eigenvalue weighted by Crippen LogP contribution is 2.29. The lowest BCUT2D eigenvalue weighted by Crippen LogP contribution is -2.63. The lowest BCUT2D eigenvalue weighted by Gasteiger charge is -2.37. The summed E-state index contributed by atoms with van der Waals surface area (Å²) in [5.74, 6) is -0.516. The first-order valence-electron chi connectivity index (χ1n) is 10.6. The number of Topliss-reactive ketones (excluding diaryl/α,β-unsaturated/α-hetero) is 1. The van der Waals surface area contributed by atoms with E-state index < -0.39 is 11.6 Å². The first kappa shape index (κ1) is 21.3. The van der Waals surface area contributed by atoms with Gasteiger partial charge in [-0.25, -0.2) is 4.98 Å². The second-order valence-electron chi connectivity index (χ2n) is 8.60. The number of hydrogen-bond acceptors (Lipinski definition) is 6. The van der Waals surface area contributed by atoms with Gasteiger partial charge in [0, 0.05) is 40.3 Å². The number of amides is 1. The van der Waals surface area contributed by atoms with E-state index in [2.05, 4.69) is 27.2 Å². The van der Waals surface area contributed by atoms with Crippen molar-refractivity contribution in [3.8, 4) is 0 Å². The molecule has 5 rings (SSSR count). The van der Waals surface area contributed by atoms with Crippen molar-refractivity contribution in [1.29, 1.82) is 0 Å². The minimum Gasteiger partial charge on any atom is -0.352 e. The molecule has 0 spiro atoms. The molecule has 0 saturated carbocycles. The van der Waals surface area contributed by atoms with Crippen LogP contribution in [0.25, 0.3) is 10.9 Å². The number of hydrogen-bond donors (Lipinski definition) is 3. The third kappa shape index (κ3) is 3.77. The maximum atomic E-state index is 13.5. The fraction of sp³-hybridized carbons (Fsp3) is 0.348. The van der Waals surface area contributed by atoms with Gasteiger partial charge < -0.3 is 20.9 Å². The molecule has 0 saturated heterocycles. The number of likely N-dealkylation sites (N-methyl/N-ethyl adjacent to an activating group) is 1. The van der Waals surface area contributed by atoms with Crippen molar-refractivity contribution in [1.82, 2.24) is 20.2 Å². The summed E-state index contributed by atoms with van der Waals surface area (Å²) < 4.78 is 0. The molecule has 3 heterocycles. The summed E-state index contributed by atoms with van der Waals surface area (Å²) in [6, 6.07) is 6.63. The average Bonchev–Trinajstić information content (AvgIpc) is 3.38. The Bertz CT molecular complexity index is 1250. The number of aromatic nitrogens is 2. The van der Waals surface area contributed by atoms with Crippen molar-refractivity contribution in [2.75, 3.05) is 13.6 Å². The Kier molecular flexibility index (Phi) is 5.41. The number of fused-ring (bicyclic) bond motifs is 2. The van der Waals surface area contributed by atoms with Gasteiger partial charge in [-0.2, -0.15) is 0 Å². The van der Waals surface area contributed by atoms with E-state index in [0.29, 0.717) is 28.6 Å². The van der Waals surface area contributed by atoms with Gasteiger partial charge in [-0.1, -0.05) is 23.8 Å². The van der Waals surface area contributed by atoms with Crippen LogP contribution in [0.3, 0.4) is 0 Å². The van der Waals surface area contributed by atoms with Crippen molar-refractivity contribution in [2.45, 2.75) is 37.4 Å². The molecule has 4 N–H and O–H groups in total. The zero-order chi connectivity index (χ0) is 22.5. The number of nitrogens with two attached hydrogens (primary N) is 1. The van der Waals surface area contributed by atoms with Crippen LogP contribution in [0.4, 0.5) is 0 Å². The van der Waals surface area contributed by atoms with Crippen LogP contribution in [0.15, 0.2) is 36.4 Å². The predicted octanol–water partition coefficient (Wildman–Crippen LogP) is 3.29. The average molecular weight is 470 g/mol. The molecule has 2 aromatic heterocycles. The van der Waals surface area contributed by atoms with Crippen molar-refractivity contribution in [2.24, 2.45) is 5.73 Å². The zero-order valence-corrected chi connectivity index (χ0v) is 19.2. The monoisotopic (exact) mass is 469 g/mol. The van der Waals surface area contributed by atoms with Gasteiger partial charge in [-0.3, -0.25) is 9.59 Å². The molecular weight excluding hydrogens is 446 g/mol. The van der Waals surface area contributed by atoms with Crippen LogP contribution < -0.4 is 11.1 Å². The SMILES string of the molecule is CN1CCc2nc(C(=O)NC3CC=CCC3(N)C(=O)c3cc4cc(Cl)ccc4[nH]3)sc2C1. The van der Waals surface area contributed by atoms with Crippen LogP contribution in [-0.4, -0.2) is 51.7 Å². The van der Waals surface area contributed by atoms with E-state index in [0.717, 1.165) is 41.0 Å². The summed E-state index contributed by atoms with van der Waals surface area (Å²) in [6.45, 7) is 1.73. The topological polar surface area (TPSA) is 104 Å². The molecule has 32 heavy (non-hydrogen) atoms. The number of aromatic amines is 1. The minimum atomic E-state index is -1.26. The Morgan fingerprint density at radius 1 is 1.34 bits per heavy atom. The molecule has 0 bridgehead atoms. The first-order valence-corrected chi connectivity index (χ1v) is 11.8. The van der Waals surface area contributed by atoms with Gasteiger partial charge in [-0.15, -0.1) is 11.3 Å². The summed E-state index contributed by atoms with van der Waals surface area (Å²) in [5, 5.41) is 4.87. The van der Waals surface area contributed by atoms with Crippen LogP contribution in [0.2, 0.25) is 5.02 Å². The molecule has 1 aliphatic heterocycles. The van der Waals surface area contributed by atoms with E-state index in [1.807, 2.05) is 18.2 Å². The molecular formula is C23H24ClN5O2S. The largest absolute Gasteiger partial charge is 0.352 e. The summed E-state index contributed by atoms with van der Waals surface area (Å²) in [7, 11) is 2.06. The maximum absolute atomic E-state index is 13.5. The van der Waals surface area contributed by atoms with Crippen molar-refractivity contribution < 1.29 is 9.59 Å². The number of H-pyrrole nitrogens is 1. The van der Waals surface area contributed by atoms with Crippen molar-refractivity contribution in [3.05, 3.63) is 62.7 Å². The fourth-order valence-corrected chi connectivity index (χ4v) is 5.69.